The van der Waals surface area contributed by atoms with Crippen LogP contribution >= 0.6 is 0 Å². The zero-order valence-corrected chi connectivity index (χ0v) is 23.1. The minimum Gasteiger partial charge on any atom is -0.871 e. The fraction of sp³-hybridized carbons (Fsp3) is 0. The first-order chi connectivity index (χ1) is 14.6. The number of hydrogen-bond donors (Lipinski definition) is 1. The second kappa shape index (κ2) is 10.5. The first-order valence-electron chi connectivity index (χ1n) is 8.67. The Morgan fingerprint density at radius 3 is 2.06 bits per heavy atom. The van der Waals surface area contributed by atoms with Crippen molar-refractivity contribution in [2.75, 3.05) is 0 Å². The summed E-state index contributed by atoms with van der Waals surface area (Å²) >= 11 is 0. The molecular weight excluding hydrogens is 490 g/mol. The normalized spacial score (nSPS) is 11.9. The zero-order valence-electron chi connectivity index (χ0n) is 17.5. The SMILES string of the molecule is O=S(=O)([O-])c1cccc2c(S(=O)(=O)O)c(N=Nc3c([O-])ccc4ccccc34)ccc12.[Na+].[Na+]. The third kappa shape index (κ3) is 5.65. The smallest absolute Gasteiger partial charge is 0.871 e. The standard InChI is InChI=1S/C20H14N2O7S2.2Na/c23-17-11-8-12-4-1-2-5-13(12)19(17)22-21-16-10-9-14-15(20(16)31(27,28)29)6-3-7-18(14)30(24,25)26;;/h1-11,23H,(H,24,25,26)(H,27,28,29);;/q;2*+1/p-2. The first-order valence-corrected chi connectivity index (χ1v) is 11.5. The van der Waals surface area contributed by atoms with E-state index in [2.05, 4.69) is 10.2 Å². The number of benzene rings is 4. The molecule has 0 fully saturated rings. The third-order valence-electron chi connectivity index (χ3n) is 4.60. The Kier molecular flexibility index (Phi) is 8.85. The van der Waals surface area contributed by atoms with Gasteiger partial charge >= 0.3 is 59.1 Å². The van der Waals surface area contributed by atoms with E-state index in [0.717, 1.165) is 17.5 Å². The molecule has 158 valence electrons. The maximum absolute atomic E-state index is 12.3. The second-order valence-corrected chi connectivity index (χ2v) is 9.23. The van der Waals surface area contributed by atoms with E-state index < -0.39 is 35.8 Å². The van der Waals surface area contributed by atoms with Crippen LogP contribution in [0, 0.1) is 0 Å². The maximum Gasteiger partial charge on any atom is 1.00 e. The van der Waals surface area contributed by atoms with Crippen molar-refractivity contribution in [3.05, 3.63) is 66.7 Å². The Morgan fingerprint density at radius 1 is 0.727 bits per heavy atom. The van der Waals surface area contributed by atoms with Crippen LogP contribution in [-0.4, -0.2) is 25.9 Å². The Hall–Kier alpha value is -1.38. The molecule has 0 spiro atoms. The number of fused-ring (bicyclic) bond motifs is 2. The molecule has 4 rings (SSSR count). The number of azo groups is 1. The molecule has 0 heterocycles. The van der Waals surface area contributed by atoms with Crippen molar-refractivity contribution in [2.24, 2.45) is 10.2 Å². The summed E-state index contributed by atoms with van der Waals surface area (Å²) in [5.41, 5.74) is -0.363. The molecule has 33 heavy (non-hydrogen) atoms. The molecule has 9 nitrogen and oxygen atoms in total. The van der Waals surface area contributed by atoms with Crippen LogP contribution in [-0.2, 0) is 20.2 Å². The van der Waals surface area contributed by atoms with E-state index >= 15 is 0 Å². The van der Waals surface area contributed by atoms with Gasteiger partial charge in [-0.15, -0.1) is 5.11 Å². The van der Waals surface area contributed by atoms with Crippen molar-refractivity contribution in [3.8, 4) is 5.75 Å². The summed E-state index contributed by atoms with van der Waals surface area (Å²) in [6.07, 6.45) is 0. The molecule has 0 saturated carbocycles. The average molecular weight is 502 g/mol. The molecule has 0 unspecified atom stereocenters. The van der Waals surface area contributed by atoms with Gasteiger partial charge in [-0.25, -0.2) is 8.42 Å². The molecule has 0 radical (unpaired) electrons. The zero-order chi connectivity index (χ0) is 22.4. The van der Waals surface area contributed by atoms with E-state index in [-0.39, 0.29) is 81.3 Å². The van der Waals surface area contributed by atoms with Gasteiger partial charge in [-0.1, -0.05) is 60.3 Å². The van der Waals surface area contributed by atoms with Crippen LogP contribution in [0.2, 0.25) is 0 Å². The molecule has 4 aromatic rings. The van der Waals surface area contributed by atoms with Crippen LogP contribution in [0.1, 0.15) is 0 Å². The van der Waals surface area contributed by atoms with Gasteiger partial charge in [0.25, 0.3) is 10.1 Å². The molecule has 0 bridgehead atoms. The van der Waals surface area contributed by atoms with Crippen molar-refractivity contribution >= 4 is 53.2 Å². The van der Waals surface area contributed by atoms with Gasteiger partial charge < -0.3 is 9.66 Å². The Labute approximate surface area is 233 Å². The Morgan fingerprint density at radius 2 is 1.39 bits per heavy atom. The minimum atomic E-state index is -4.91. The predicted molar refractivity (Wildman–Crippen MR) is 109 cm³/mol. The molecule has 0 aliphatic carbocycles. The quantitative estimate of drug-likeness (QED) is 0.186. The maximum atomic E-state index is 12.3. The summed E-state index contributed by atoms with van der Waals surface area (Å²) in [6, 6.07) is 15.5. The van der Waals surface area contributed by atoms with Crippen molar-refractivity contribution in [1.29, 1.82) is 0 Å². The van der Waals surface area contributed by atoms with E-state index in [4.69, 9.17) is 0 Å². The van der Waals surface area contributed by atoms with Gasteiger partial charge in [0.2, 0.25) is 0 Å². The fourth-order valence-electron chi connectivity index (χ4n) is 3.30. The van der Waals surface area contributed by atoms with Crippen molar-refractivity contribution in [2.45, 2.75) is 9.79 Å². The van der Waals surface area contributed by atoms with E-state index in [9.17, 15) is 31.0 Å². The summed E-state index contributed by atoms with van der Waals surface area (Å²) in [5, 5.41) is 20.8. The molecule has 4 aromatic carbocycles. The molecule has 0 aliphatic rings. The van der Waals surface area contributed by atoms with Crippen LogP contribution < -0.4 is 64.2 Å². The largest absolute Gasteiger partial charge is 1.00 e. The Bertz CT molecular complexity index is 1610. The van der Waals surface area contributed by atoms with Gasteiger partial charge in [0, 0.05) is 16.2 Å². The van der Waals surface area contributed by atoms with Gasteiger partial charge in [0.15, 0.2) is 0 Å². The monoisotopic (exact) mass is 502 g/mol. The van der Waals surface area contributed by atoms with Crippen LogP contribution in [0.5, 0.6) is 5.75 Å². The van der Waals surface area contributed by atoms with Crippen LogP contribution in [0.25, 0.3) is 21.5 Å². The van der Waals surface area contributed by atoms with Gasteiger partial charge in [-0.05, 0) is 17.5 Å². The van der Waals surface area contributed by atoms with Gasteiger partial charge in [0.05, 0.1) is 10.6 Å². The molecule has 0 aliphatic heterocycles. The average Bonchev–Trinajstić information content (AvgIpc) is 2.70. The summed E-state index contributed by atoms with van der Waals surface area (Å²) in [4.78, 5) is -1.37. The van der Waals surface area contributed by atoms with E-state index in [1.165, 1.54) is 24.3 Å². The molecule has 0 amide bonds. The molecule has 13 heteroatoms. The minimum absolute atomic E-state index is 0. The molecule has 0 saturated heterocycles. The number of rotatable bonds is 4. The first kappa shape index (κ1) is 27.9. The molecule has 1 N–H and O–H groups in total. The number of nitrogens with zero attached hydrogens (tertiary/aromatic N) is 2. The predicted octanol–water partition coefficient (Wildman–Crippen LogP) is -2.36. The Balaban J connectivity index is 0.00000193. The van der Waals surface area contributed by atoms with Gasteiger partial charge in [-0.2, -0.15) is 13.5 Å². The fourth-order valence-corrected chi connectivity index (χ4v) is 4.82. The van der Waals surface area contributed by atoms with E-state index in [0.29, 0.717) is 5.39 Å². The van der Waals surface area contributed by atoms with Crippen molar-refractivity contribution in [3.63, 3.8) is 0 Å². The topological polar surface area (TPSA) is 159 Å². The summed E-state index contributed by atoms with van der Waals surface area (Å²) in [5.74, 6) is -0.448. The van der Waals surface area contributed by atoms with E-state index in [1.807, 2.05) is 0 Å². The van der Waals surface area contributed by atoms with Gasteiger partial charge in [-0.3, -0.25) is 4.55 Å². The third-order valence-corrected chi connectivity index (χ3v) is 6.44. The van der Waals surface area contributed by atoms with Crippen LogP contribution in [0.4, 0.5) is 11.4 Å². The number of hydrogen-bond acceptors (Lipinski definition) is 8. The second-order valence-electron chi connectivity index (χ2n) is 6.53. The summed E-state index contributed by atoms with van der Waals surface area (Å²) in [6.45, 7) is 0. The van der Waals surface area contributed by atoms with Crippen LogP contribution in [0.3, 0.4) is 0 Å². The van der Waals surface area contributed by atoms with Crippen LogP contribution in [0.15, 0.2) is 86.7 Å². The molecular formula is C20H12N2Na2O7S2. The van der Waals surface area contributed by atoms with Crippen molar-refractivity contribution in [1.82, 2.24) is 0 Å². The molecule has 0 aromatic heterocycles. The van der Waals surface area contributed by atoms with Gasteiger partial charge in [0.1, 0.15) is 20.7 Å². The molecule has 0 atom stereocenters. The van der Waals surface area contributed by atoms with Crippen molar-refractivity contribution < 1.29 is 90.2 Å². The van der Waals surface area contributed by atoms with E-state index in [1.54, 1.807) is 30.3 Å². The summed E-state index contributed by atoms with van der Waals surface area (Å²) < 4.78 is 68.5. The summed E-state index contributed by atoms with van der Waals surface area (Å²) in [7, 11) is -9.82.